The summed E-state index contributed by atoms with van der Waals surface area (Å²) in [5.74, 6) is -1.33. The first-order valence-corrected chi connectivity index (χ1v) is 8.32. The second-order valence-corrected chi connectivity index (χ2v) is 6.38. The first-order chi connectivity index (χ1) is 11.9. The Hall–Kier alpha value is -2.37. The summed E-state index contributed by atoms with van der Waals surface area (Å²) in [7, 11) is 0. The Morgan fingerprint density at radius 2 is 1.60 bits per heavy atom. The molecule has 0 bridgehead atoms. The molecule has 2 aromatic rings. The van der Waals surface area contributed by atoms with Crippen LogP contribution in [0.15, 0.2) is 47.6 Å². The molecule has 130 valence electrons. The van der Waals surface area contributed by atoms with Gasteiger partial charge >= 0.3 is 11.8 Å². The van der Waals surface area contributed by atoms with Crippen LogP contribution in [0.4, 0.5) is 5.69 Å². The minimum absolute atomic E-state index is 0.388. The van der Waals surface area contributed by atoms with Gasteiger partial charge in [0.05, 0.1) is 16.3 Å². The Kier molecular flexibility index (Phi) is 6.56. The fraction of sp³-hybridized carbons (Fsp3) is 0.167. The van der Waals surface area contributed by atoms with E-state index in [1.807, 2.05) is 12.1 Å². The topological polar surface area (TPSA) is 70.6 Å². The highest BCUT2D eigenvalue weighted by Gasteiger charge is 2.13. The second-order valence-electron chi connectivity index (χ2n) is 5.57. The van der Waals surface area contributed by atoms with Crippen molar-refractivity contribution >= 4 is 46.9 Å². The van der Waals surface area contributed by atoms with Crippen molar-refractivity contribution in [2.45, 2.75) is 19.8 Å². The minimum Gasteiger partial charge on any atom is -0.318 e. The number of nitrogens with one attached hydrogen (secondary N) is 2. The molecule has 0 radical (unpaired) electrons. The number of halogens is 2. The molecule has 0 heterocycles. The van der Waals surface area contributed by atoms with Crippen LogP contribution in [0.3, 0.4) is 0 Å². The molecular weight excluding hydrogens is 361 g/mol. The molecule has 2 aromatic carbocycles. The van der Waals surface area contributed by atoms with Crippen molar-refractivity contribution in [3.05, 3.63) is 63.6 Å². The number of hydrazone groups is 1. The van der Waals surface area contributed by atoms with Crippen molar-refractivity contribution in [1.82, 2.24) is 5.43 Å². The Balaban J connectivity index is 1.94. The van der Waals surface area contributed by atoms with Crippen LogP contribution in [0.25, 0.3) is 0 Å². The number of hydrogen-bond donors (Lipinski definition) is 2. The highest BCUT2D eigenvalue weighted by atomic mass is 35.5. The molecule has 0 aliphatic heterocycles. The van der Waals surface area contributed by atoms with E-state index in [1.165, 1.54) is 6.21 Å². The van der Waals surface area contributed by atoms with Gasteiger partial charge in [0.1, 0.15) is 0 Å². The van der Waals surface area contributed by atoms with E-state index in [-0.39, 0.29) is 0 Å². The van der Waals surface area contributed by atoms with Crippen LogP contribution >= 0.6 is 23.2 Å². The summed E-state index contributed by atoms with van der Waals surface area (Å²) in [5.41, 5.74) is 4.26. The van der Waals surface area contributed by atoms with Gasteiger partial charge in [-0.05, 0) is 35.7 Å². The molecule has 0 unspecified atom stereocenters. The van der Waals surface area contributed by atoms with Gasteiger partial charge in [0.2, 0.25) is 0 Å². The highest BCUT2D eigenvalue weighted by Crippen LogP contribution is 2.22. The van der Waals surface area contributed by atoms with Crippen molar-refractivity contribution in [3.8, 4) is 0 Å². The third kappa shape index (κ3) is 5.31. The normalized spacial score (nSPS) is 10.9. The number of benzene rings is 2. The predicted molar refractivity (Wildman–Crippen MR) is 101 cm³/mol. The number of anilines is 1. The number of hydrogen-bond acceptors (Lipinski definition) is 3. The lowest BCUT2D eigenvalue weighted by Crippen LogP contribution is -2.32. The van der Waals surface area contributed by atoms with Crippen molar-refractivity contribution in [3.63, 3.8) is 0 Å². The van der Waals surface area contributed by atoms with E-state index in [9.17, 15) is 9.59 Å². The smallest absolute Gasteiger partial charge is 0.318 e. The molecule has 5 nitrogen and oxygen atoms in total. The third-order valence-corrected chi connectivity index (χ3v) is 4.06. The molecular formula is C18H17Cl2N3O2. The van der Waals surface area contributed by atoms with E-state index >= 15 is 0 Å². The van der Waals surface area contributed by atoms with Crippen LogP contribution in [-0.4, -0.2) is 18.0 Å². The molecule has 0 aromatic heterocycles. The second kappa shape index (κ2) is 8.65. The maximum absolute atomic E-state index is 11.9. The number of rotatable bonds is 4. The maximum Gasteiger partial charge on any atom is 0.329 e. The molecule has 0 fully saturated rings. The van der Waals surface area contributed by atoms with E-state index in [2.05, 4.69) is 29.7 Å². The summed E-state index contributed by atoms with van der Waals surface area (Å²) in [6.07, 6.45) is 1.28. The van der Waals surface area contributed by atoms with Crippen molar-refractivity contribution in [2.75, 3.05) is 5.32 Å². The average molecular weight is 378 g/mol. The van der Waals surface area contributed by atoms with Gasteiger partial charge in [-0.1, -0.05) is 55.2 Å². The zero-order chi connectivity index (χ0) is 18.4. The fourth-order valence-electron chi connectivity index (χ4n) is 1.98. The summed E-state index contributed by atoms with van der Waals surface area (Å²) >= 11 is 12.0. The number of carbonyl (C=O) groups is 2. The van der Waals surface area contributed by atoms with Gasteiger partial charge in [-0.15, -0.1) is 0 Å². The largest absolute Gasteiger partial charge is 0.329 e. The molecule has 0 atom stereocenters. The quantitative estimate of drug-likeness (QED) is 0.476. The van der Waals surface area contributed by atoms with Crippen LogP contribution in [0.1, 0.15) is 30.9 Å². The van der Waals surface area contributed by atoms with Crippen LogP contribution in [-0.2, 0) is 9.59 Å². The molecule has 2 rings (SSSR count). The zero-order valence-corrected chi connectivity index (χ0v) is 15.2. The fourth-order valence-corrected chi connectivity index (χ4v) is 2.47. The molecule has 2 amide bonds. The molecule has 7 heteroatoms. The van der Waals surface area contributed by atoms with E-state index in [0.717, 1.165) is 5.56 Å². The number of amides is 2. The summed E-state index contributed by atoms with van der Waals surface area (Å²) in [5, 5.41) is 6.99. The van der Waals surface area contributed by atoms with Gasteiger partial charge in [0, 0.05) is 11.3 Å². The molecule has 0 saturated heterocycles. The monoisotopic (exact) mass is 377 g/mol. The molecule has 0 aliphatic carbocycles. The number of nitrogens with zero attached hydrogens (tertiary/aromatic N) is 1. The molecule has 0 aliphatic rings. The van der Waals surface area contributed by atoms with Crippen LogP contribution < -0.4 is 10.7 Å². The Morgan fingerprint density at radius 3 is 2.16 bits per heavy atom. The lowest BCUT2D eigenvalue weighted by atomic mass is 10.0. The van der Waals surface area contributed by atoms with Gasteiger partial charge in [-0.3, -0.25) is 9.59 Å². The van der Waals surface area contributed by atoms with Crippen LogP contribution in [0, 0.1) is 0 Å². The first kappa shape index (κ1) is 19.0. The maximum atomic E-state index is 11.9. The number of carbonyl (C=O) groups excluding carboxylic acids is 2. The van der Waals surface area contributed by atoms with Crippen LogP contribution in [0.5, 0.6) is 0 Å². The lowest BCUT2D eigenvalue weighted by molar-refractivity contribution is -0.136. The zero-order valence-electron chi connectivity index (χ0n) is 13.7. The SMILES string of the molecule is CC(C)c1ccc(NC(=O)C(=O)N/N=C\c2c(Cl)cccc2Cl)cc1. The van der Waals surface area contributed by atoms with Crippen molar-refractivity contribution in [1.29, 1.82) is 0 Å². The Morgan fingerprint density at radius 1 is 1.00 bits per heavy atom. The Labute approximate surface area is 156 Å². The van der Waals surface area contributed by atoms with E-state index < -0.39 is 11.8 Å². The van der Waals surface area contributed by atoms with Gasteiger partial charge in [-0.25, -0.2) is 5.43 Å². The summed E-state index contributed by atoms with van der Waals surface area (Å²) in [4.78, 5) is 23.6. The summed E-state index contributed by atoms with van der Waals surface area (Å²) < 4.78 is 0. The predicted octanol–water partition coefficient (Wildman–Crippen LogP) is 4.21. The van der Waals surface area contributed by atoms with Gasteiger partial charge in [0.25, 0.3) is 0 Å². The standard InChI is InChI=1S/C18H17Cl2N3O2/c1-11(2)12-6-8-13(9-7-12)22-17(24)18(25)23-21-10-14-15(19)4-3-5-16(14)20/h3-11H,1-2H3,(H,22,24)(H,23,25)/b21-10-. The molecule has 0 spiro atoms. The summed E-state index contributed by atoms with van der Waals surface area (Å²) in [6.45, 7) is 4.15. The van der Waals surface area contributed by atoms with E-state index in [0.29, 0.717) is 27.2 Å². The Bertz CT molecular complexity index is 782. The first-order valence-electron chi connectivity index (χ1n) is 7.57. The van der Waals surface area contributed by atoms with Gasteiger partial charge in [0.15, 0.2) is 0 Å². The highest BCUT2D eigenvalue weighted by molar-refractivity contribution is 6.40. The average Bonchev–Trinajstić information content (AvgIpc) is 2.57. The molecule has 25 heavy (non-hydrogen) atoms. The van der Waals surface area contributed by atoms with E-state index in [4.69, 9.17) is 23.2 Å². The van der Waals surface area contributed by atoms with Crippen molar-refractivity contribution < 1.29 is 9.59 Å². The summed E-state index contributed by atoms with van der Waals surface area (Å²) in [6, 6.07) is 12.3. The lowest BCUT2D eigenvalue weighted by Gasteiger charge is -2.07. The third-order valence-electron chi connectivity index (χ3n) is 3.40. The van der Waals surface area contributed by atoms with Crippen LogP contribution in [0.2, 0.25) is 10.0 Å². The molecule has 2 N–H and O–H groups in total. The van der Waals surface area contributed by atoms with Crippen molar-refractivity contribution in [2.24, 2.45) is 5.10 Å². The minimum atomic E-state index is -0.896. The molecule has 0 saturated carbocycles. The van der Waals surface area contributed by atoms with Gasteiger partial charge in [-0.2, -0.15) is 5.10 Å². The van der Waals surface area contributed by atoms with E-state index in [1.54, 1.807) is 30.3 Å². The van der Waals surface area contributed by atoms with Gasteiger partial charge < -0.3 is 5.32 Å².